The molecule has 27 heavy (non-hydrogen) atoms. The van der Waals surface area contributed by atoms with Gasteiger partial charge in [-0.05, 0) is 30.5 Å². The van der Waals surface area contributed by atoms with Crippen LogP contribution < -0.4 is 4.74 Å². The van der Waals surface area contributed by atoms with Crippen LogP contribution in [0, 0.1) is 5.92 Å². The Bertz CT molecular complexity index is 865. The Labute approximate surface area is 160 Å². The van der Waals surface area contributed by atoms with Gasteiger partial charge in [0.05, 0.1) is 5.56 Å². The summed E-state index contributed by atoms with van der Waals surface area (Å²) in [7, 11) is 0. The molecule has 2 aliphatic rings. The van der Waals surface area contributed by atoms with Gasteiger partial charge in [-0.15, -0.1) is 0 Å². The summed E-state index contributed by atoms with van der Waals surface area (Å²) in [6.45, 7) is 3.89. The van der Waals surface area contributed by atoms with Crippen LogP contribution in [0.2, 0.25) is 0 Å². The van der Waals surface area contributed by atoms with E-state index in [1.807, 2.05) is 38.1 Å². The van der Waals surface area contributed by atoms with Gasteiger partial charge in [0, 0.05) is 29.9 Å². The van der Waals surface area contributed by atoms with Crippen LogP contribution in [0.1, 0.15) is 83.7 Å². The molecular formula is C24H26O3. The van der Waals surface area contributed by atoms with Crippen LogP contribution in [0.3, 0.4) is 0 Å². The van der Waals surface area contributed by atoms with Crippen molar-refractivity contribution in [1.82, 2.24) is 0 Å². The van der Waals surface area contributed by atoms with Gasteiger partial charge < -0.3 is 4.74 Å². The van der Waals surface area contributed by atoms with Crippen molar-refractivity contribution in [2.45, 2.75) is 58.0 Å². The van der Waals surface area contributed by atoms with E-state index in [4.69, 9.17) is 4.74 Å². The first-order chi connectivity index (χ1) is 13.1. The number of hydrogen-bond acceptors (Lipinski definition) is 3. The maximum atomic E-state index is 12.9. The summed E-state index contributed by atoms with van der Waals surface area (Å²) in [5.41, 5.74) is 3.36. The molecule has 4 rings (SSSR count). The van der Waals surface area contributed by atoms with E-state index in [-0.39, 0.29) is 23.6 Å². The first kappa shape index (κ1) is 18.0. The van der Waals surface area contributed by atoms with E-state index in [9.17, 15) is 9.59 Å². The summed E-state index contributed by atoms with van der Waals surface area (Å²) >= 11 is 0. The number of Topliss-reactive ketones (excluding diaryl/α,β-unsaturated/α-hetero) is 2. The van der Waals surface area contributed by atoms with Gasteiger partial charge in [0.25, 0.3) is 0 Å². The second-order valence-corrected chi connectivity index (χ2v) is 7.85. The second-order valence-electron chi connectivity index (χ2n) is 7.85. The van der Waals surface area contributed by atoms with E-state index < -0.39 is 0 Å². The van der Waals surface area contributed by atoms with Gasteiger partial charge in [-0.1, -0.05) is 56.5 Å². The predicted molar refractivity (Wildman–Crippen MR) is 106 cm³/mol. The van der Waals surface area contributed by atoms with Crippen molar-refractivity contribution < 1.29 is 14.3 Å². The summed E-state index contributed by atoms with van der Waals surface area (Å²) in [6.07, 6.45) is 4.44. The smallest absolute Gasteiger partial charge is 0.166 e. The molecule has 1 aliphatic carbocycles. The lowest BCUT2D eigenvalue weighted by molar-refractivity contribution is 0.0936. The van der Waals surface area contributed by atoms with Gasteiger partial charge in [-0.3, -0.25) is 9.59 Å². The quantitative estimate of drug-likeness (QED) is 0.631. The first-order valence-corrected chi connectivity index (χ1v) is 10.0. The summed E-state index contributed by atoms with van der Waals surface area (Å²) in [5.74, 6) is 1.41. The molecule has 3 heteroatoms. The average Bonchev–Trinajstić information content (AvgIpc) is 2.99. The summed E-state index contributed by atoms with van der Waals surface area (Å²) in [5, 5.41) is 0. The number of ether oxygens (including phenoxy) is 1. The predicted octanol–water partition coefficient (Wildman–Crippen LogP) is 5.57. The van der Waals surface area contributed by atoms with E-state index in [1.165, 1.54) is 6.42 Å². The number of ketones is 2. The van der Waals surface area contributed by atoms with Crippen LogP contribution in [-0.2, 0) is 0 Å². The normalized spacial score (nSPS) is 21.3. The van der Waals surface area contributed by atoms with Crippen LogP contribution in [0.4, 0.5) is 0 Å². The molecule has 2 atom stereocenters. The minimum atomic E-state index is -0.0669. The minimum absolute atomic E-state index is 0.0328. The maximum Gasteiger partial charge on any atom is 0.166 e. The Morgan fingerprint density at radius 1 is 1.07 bits per heavy atom. The molecule has 2 aromatic carbocycles. The molecule has 0 N–H and O–H groups in total. The van der Waals surface area contributed by atoms with Gasteiger partial charge in [0.2, 0.25) is 0 Å². The molecule has 0 spiro atoms. The van der Waals surface area contributed by atoms with Crippen molar-refractivity contribution in [3.8, 4) is 5.75 Å². The minimum Gasteiger partial charge on any atom is -0.489 e. The fourth-order valence-electron chi connectivity index (χ4n) is 4.27. The van der Waals surface area contributed by atoms with Crippen molar-refractivity contribution in [3.05, 3.63) is 64.7 Å². The van der Waals surface area contributed by atoms with Crippen molar-refractivity contribution in [1.29, 1.82) is 0 Å². The molecule has 1 saturated carbocycles. The van der Waals surface area contributed by atoms with Gasteiger partial charge >= 0.3 is 0 Å². The van der Waals surface area contributed by atoms with Crippen LogP contribution in [0.15, 0.2) is 42.5 Å². The molecule has 0 radical (unpaired) electrons. The molecule has 1 heterocycles. The lowest BCUT2D eigenvalue weighted by Crippen LogP contribution is -2.16. The first-order valence-electron chi connectivity index (χ1n) is 10.0. The molecule has 0 bridgehead atoms. The van der Waals surface area contributed by atoms with Crippen LogP contribution in [0.25, 0.3) is 0 Å². The van der Waals surface area contributed by atoms with E-state index in [1.54, 1.807) is 6.07 Å². The van der Waals surface area contributed by atoms with E-state index in [0.29, 0.717) is 35.6 Å². The number of hydrogen-bond donors (Lipinski definition) is 0. The standard InChI is InChI=1S/C24H26O3/c1-3-21(25)19-13-18(22(26)12-16-8-7-9-16)14-20-23(15(2)27-24(19)20)17-10-5-4-6-11-17/h4-6,10-11,13-16,23H,3,7-9,12H2,1-2H3/t15-,23+/m1/s1. The molecule has 3 nitrogen and oxygen atoms in total. The summed E-state index contributed by atoms with van der Waals surface area (Å²) in [4.78, 5) is 25.5. The van der Waals surface area contributed by atoms with Crippen molar-refractivity contribution in [3.63, 3.8) is 0 Å². The highest BCUT2D eigenvalue weighted by atomic mass is 16.5. The number of carbonyl (C=O) groups excluding carboxylic acids is 2. The number of carbonyl (C=O) groups is 2. The van der Waals surface area contributed by atoms with E-state index in [0.717, 1.165) is 24.0 Å². The number of fused-ring (bicyclic) bond motifs is 1. The second kappa shape index (κ2) is 7.30. The summed E-state index contributed by atoms with van der Waals surface area (Å²) < 4.78 is 6.14. The Morgan fingerprint density at radius 3 is 2.44 bits per heavy atom. The number of rotatable bonds is 6. The fourth-order valence-corrected chi connectivity index (χ4v) is 4.27. The Balaban J connectivity index is 1.78. The molecule has 1 aliphatic heterocycles. The molecule has 0 saturated heterocycles. The monoisotopic (exact) mass is 362 g/mol. The maximum absolute atomic E-state index is 12.9. The fraction of sp³-hybridized carbons (Fsp3) is 0.417. The van der Waals surface area contributed by atoms with Crippen LogP contribution >= 0.6 is 0 Å². The van der Waals surface area contributed by atoms with Crippen molar-refractivity contribution in [2.24, 2.45) is 5.92 Å². The molecule has 0 amide bonds. The van der Waals surface area contributed by atoms with Gasteiger partial charge in [0.15, 0.2) is 11.6 Å². The van der Waals surface area contributed by atoms with Crippen LogP contribution in [-0.4, -0.2) is 17.7 Å². The van der Waals surface area contributed by atoms with Crippen molar-refractivity contribution in [2.75, 3.05) is 0 Å². The molecule has 0 unspecified atom stereocenters. The van der Waals surface area contributed by atoms with Gasteiger partial charge in [-0.2, -0.15) is 0 Å². The number of benzene rings is 2. The SMILES string of the molecule is CCC(=O)c1cc(C(=O)CC2CCC2)cc2c1O[C@H](C)[C@H]2c1ccccc1. The molecule has 140 valence electrons. The zero-order valence-electron chi connectivity index (χ0n) is 16.0. The zero-order valence-corrected chi connectivity index (χ0v) is 16.0. The molecule has 1 fully saturated rings. The average molecular weight is 362 g/mol. The summed E-state index contributed by atoms with van der Waals surface area (Å²) in [6, 6.07) is 14.0. The highest BCUT2D eigenvalue weighted by molar-refractivity contribution is 6.04. The van der Waals surface area contributed by atoms with Gasteiger partial charge in [0.1, 0.15) is 11.9 Å². The third kappa shape index (κ3) is 3.31. The van der Waals surface area contributed by atoms with Crippen molar-refractivity contribution >= 4 is 11.6 Å². The highest BCUT2D eigenvalue weighted by Crippen LogP contribution is 2.45. The Kier molecular flexibility index (Phi) is 4.86. The molecule has 0 aromatic heterocycles. The molecule has 2 aromatic rings. The topological polar surface area (TPSA) is 43.4 Å². The highest BCUT2D eigenvalue weighted by Gasteiger charge is 2.36. The van der Waals surface area contributed by atoms with E-state index >= 15 is 0 Å². The third-order valence-electron chi connectivity index (χ3n) is 6.03. The Morgan fingerprint density at radius 2 is 1.81 bits per heavy atom. The zero-order chi connectivity index (χ0) is 19.0. The van der Waals surface area contributed by atoms with Gasteiger partial charge in [-0.25, -0.2) is 0 Å². The lowest BCUT2D eigenvalue weighted by atomic mass is 9.80. The Hall–Kier alpha value is -2.42. The largest absolute Gasteiger partial charge is 0.489 e. The molecular weight excluding hydrogens is 336 g/mol. The van der Waals surface area contributed by atoms with Crippen LogP contribution in [0.5, 0.6) is 5.75 Å². The third-order valence-corrected chi connectivity index (χ3v) is 6.03. The lowest BCUT2D eigenvalue weighted by Gasteiger charge is -2.24. The van der Waals surface area contributed by atoms with E-state index in [2.05, 4.69) is 12.1 Å².